The largest absolute Gasteiger partial charge is 0.256 e. The fraction of sp³-hybridized carbons (Fsp3) is 0. The summed E-state index contributed by atoms with van der Waals surface area (Å²) in [6.45, 7) is 0. The number of fused-ring (bicyclic) bond motifs is 2. The summed E-state index contributed by atoms with van der Waals surface area (Å²) >= 11 is 6.24. The molecule has 4 heteroatoms. The van der Waals surface area contributed by atoms with E-state index >= 15 is 0 Å². The molecule has 0 unspecified atom stereocenters. The number of rotatable bonds is 1. The van der Waals surface area contributed by atoms with Crippen molar-refractivity contribution in [2.75, 3.05) is 0 Å². The molecular weight excluding hydrogens is 270 g/mol. The number of benzene rings is 1. The zero-order chi connectivity index (χ0) is 13.5. The van der Waals surface area contributed by atoms with Gasteiger partial charge in [-0.25, -0.2) is 4.52 Å². The van der Waals surface area contributed by atoms with Crippen molar-refractivity contribution in [1.29, 1.82) is 0 Å². The number of hydrogen-bond donors (Lipinski definition) is 0. The van der Waals surface area contributed by atoms with Gasteiger partial charge in [-0.1, -0.05) is 17.7 Å². The van der Waals surface area contributed by atoms with Crippen molar-refractivity contribution < 1.29 is 0 Å². The van der Waals surface area contributed by atoms with Crippen molar-refractivity contribution in [1.82, 2.24) is 14.6 Å². The molecule has 3 heterocycles. The fourth-order valence-corrected chi connectivity index (χ4v) is 2.60. The topological polar surface area (TPSA) is 30.2 Å². The Kier molecular flexibility index (Phi) is 2.47. The Labute approximate surface area is 120 Å². The summed E-state index contributed by atoms with van der Waals surface area (Å²) in [6.07, 6.45) is 5.47. The summed E-state index contributed by atoms with van der Waals surface area (Å²) in [5.41, 5.74) is 4.24. The quantitative estimate of drug-likeness (QED) is 0.523. The monoisotopic (exact) mass is 279 g/mol. The maximum atomic E-state index is 6.24. The molecule has 0 spiro atoms. The lowest BCUT2D eigenvalue weighted by atomic mass is 10.0. The van der Waals surface area contributed by atoms with Gasteiger partial charge in [0.25, 0.3) is 0 Å². The molecule has 96 valence electrons. The highest BCUT2D eigenvalue weighted by atomic mass is 35.5. The van der Waals surface area contributed by atoms with Gasteiger partial charge in [0.1, 0.15) is 0 Å². The van der Waals surface area contributed by atoms with Crippen LogP contribution in [0.4, 0.5) is 0 Å². The van der Waals surface area contributed by atoms with Gasteiger partial charge in [-0.05, 0) is 47.5 Å². The zero-order valence-corrected chi connectivity index (χ0v) is 11.2. The van der Waals surface area contributed by atoms with Crippen LogP contribution in [0.25, 0.3) is 27.5 Å². The molecule has 0 aliphatic heterocycles. The van der Waals surface area contributed by atoms with Gasteiger partial charge >= 0.3 is 0 Å². The molecule has 4 rings (SSSR count). The summed E-state index contributed by atoms with van der Waals surface area (Å²) in [7, 11) is 0. The van der Waals surface area contributed by atoms with Gasteiger partial charge in [-0.15, -0.1) is 0 Å². The minimum atomic E-state index is 0.724. The predicted molar refractivity (Wildman–Crippen MR) is 80.9 cm³/mol. The van der Waals surface area contributed by atoms with Crippen LogP contribution in [0.15, 0.2) is 61.1 Å². The molecule has 0 amide bonds. The first-order valence-corrected chi connectivity index (χ1v) is 6.67. The summed E-state index contributed by atoms with van der Waals surface area (Å²) in [5.74, 6) is 0. The molecule has 0 atom stereocenters. The van der Waals surface area contributed by atoms with Gasteiger partial charge < -0.3 is 0 Å². The Hall–Kier alpha value is -2.39. The molecule has 4 aromatic rings. The van der Waals surface area contributed by atoms with Crippen molar-refractivity contribution in [3.63, 3.8) is 0 Å². The van der Waals surface area contributed by atoms with E-state index in [0.717, 1.165) is 32.6 Å². The average Bonchev–Trinajstić information content (AvgIpc) is 2.95. The van der Waals surface area contributed by atoms with Gasteiger partial charge in [0.05, 0.1) is 16.1 Å². The summed E-state index contributed by atoms with van der Waals surface area (Å²) in [5, 5.41) is 5.90. The summed E-state index contributed by atoms with van der Waals surface area (Å²) < 4.78 is 1.85. The Morgan fingerprint density at radius 3 is 2.75 bits per heavy atom. The van der Waals surface area contributed by atoms with Crippen LogP contribution >= 0.6 is 11.6 Å². The second-order valence-electron chi connectivity index (χ2n) is 4.64. The first-order chi connectivity index (χ1) is 9.81. The number of halogens is 1. The van der Waals surface area contributed by atoms with Crippen LogP contribution in [-0.2, 0) is 0 Å². The van der Waals surface area contributed by atoms with E-state index in [0.29, 0.717) is 0 Å². The van der Waals surface area contributed by atoms with Crippen LogP contribution in [0.3, 0.4) is 0 Å². The third-order valence-corrected chi connectivity index (χ3v) is 3.75. The van der Waals surface area contributed by atoms with Crippen LogP contribution in [0.1, 0.15) is 0 Å². The molecule has 0 fully saturated rings. The smallest absolute Gasteiger partial charge is 0.0717 e. The van der Waals surface area contributed by atoms with Crippen molar-refractivity contribution in [3.8, 4) is 11.1 Å². The third-order valence-electron chi connectivity index (χ3n) is 3.42. The summed E-state index contributed by atoms with van der Waals surface area (Å²) in [6, 6.07) is 14.1. The number of hydrogen-bond acceptors (Lipinski definition) is 2. The normalized spacial score (nSPS) is 11.2. The van der Waals surface area contributed by atoms with Gasteiger partial charge in [0.2, 0.25) is 0 Å². The van der Waals surface area contributed by atoms with E-state index < -0.39 is 0 Å². The maximum absolute atomic E-state index is 6.24. The molecule has 0 aliphatic carbocycles. The van der Waals surface area contributed by atoms with Crippen molar-refractivity contribution in [3.05, 3.63) is 66.1 Å². The first-order valence-electron chi connectivity index (χ1n) is 6.29. The van der Waals surface area contributed by atoms with Gasteiger partial charge in [-0.2, -0.15) is 5.10 Å². The first kappa shape index (κ1) is 11.4. The third kappa shape index (κ3) is 1.75. The van der Waals surface area contributed by atoms with Gasteiger partial charge in [-0.3, -0.25) is 4.98 Å². The number of aromatic nitrogens is 3. The van der Waals surface area contributed by atoms with Gasteiger partial charge in [0.15, 0.2) is 0 Å². The lowest BCUT2D eigenvalue weighted by molar-refractivity contribution is 0.962. The fourth-order valence-electron chi connectivity index (χ4n) is 2.39. The van der Waals surface area contributed by atoms with E-state index in [1.54, 1.807) is 12.4 Å². The van der Waals surface area contributed by atoms with E-state index in [1.165, 1.54) is 0 Å². The van der Waals surface area contributed by atoms with Crippen molar-refractivity contribution >= 4 is 28.0 Å². The van der Waals surface area contributed by atoms with Crippen molar-refractivity contribution in [2.24, 2.45) is 0 Å². The highest BCUT2D eigenvalue weighted by molar-refractivity contribution is 6.35. The summed E-state index contributed by atoms with van der Waals surface area (Å²) in [4.78, 5) is 4.32. The molecule has 1 aromatic carbocycles. The molecule has 3 aromatic heterocycles. The van der Waals surface area contributed by atoms with E-state index in [4.69, 9.17) is 11.6 Å². The molecular formula is C16H10ClN3. The molecule has 0 radical (unpaired) electrons. The van der Waals surface area contributed by atoms with Crippen molar-refractivity contribution in [2.45, 2.75) is 0 Å². The zero-order valence-electron chi connectivity index (χ0n) is 10.5. The maximum Gasteiger partial charge on any atom is 0.0717 e. The Bertz CT molecular complexity index is 927. The SMILES string of the molecule is Clc1ccnc2ccc(-c3ccn4nccc4c3)cc12. The molecule has 0 bridgehead atoms. The molecule has 0 saturated heterocycles. The Morgan fingerprint density at radius 1 is 0.900 bits per heavy atom. The molecule has 3 nitrogen and oxygen atoms in total. The number of nitrogens with zero attached hydrogens (tertiary/aromatic N) is 3. The van der Waals surface area contributed by atoms with Crippen LogP contribution in [0, 0.1) is 0 Å². The molecule has 0 saturated carbocycles. The standard InChI is InChI=1S/C16H10ClN3/c17-15-4-6-18-16-2-1-11(10-14(15)16)12-5-8-20-13(9-12)3-7-19-20/h1-10H. The van der Waals surface area contributed by atoms with Crippen LogP contribution in [0.2, 0.25) is 5.02 Å². The average molecular weight is 280 g/mol. The molecule has 20 heavy (non-hydrogen) atoms. The van der Waals surface area contributed by atoms with Crippen LogP contribution < -0.4 is 0 Å². The predicted octanol–water partition coefficient (Wildman–Crippen LogP) is 4.20. The van der Waals surface area contributed by atoms with E-state index in [2.05, 4.69) is 28.3 Å². The number of pyridine rings is 2. The minimum absolute atomic E-state index is 0.724. The van der Waals surface area contributed by atoms with E-state index in [9.17, 15) is 0 Å². The lowest BCUT2D eigenvalue weighted by Crippen LogP contribution is -1.87. The second kappa shape index (κ2) is 4.32. The highest BCUT2D eigenvalue weighted by Crippen LogP contribution is 2.28. The van der Waals surface area contributed by atoms with Gasteiger partial charge in [0, 0.05) is 24.0 Å². The van der Waals surface area contributed by atoms with Crippen LogP contribution in [0.5, 0.6) is 0 Å². The Balaban J connectivity index is 1.94. The van der Waals surface area contributed by atoms with E-state index in [1.807, 2.05) is 35.0 Å². The lowest BCUT2D eigenvalue weighted by Gasteiger charge is -2.05. The van der Waals surface area contributed by atoms with E-state index in [-0.39, 0.29) is 0 Å². The van der Waals surface area contributed by atoms with Crippen LogP contribution in [-0.4, -0.2) is 14.6 Å². The highest BCUT2D eigenvalue weighted by Gasteiger charge is 2.04. The molecule has 0 N–H and O–H groups in total. The molecule has 0 aliphatic rings. The minimum Gasteiger partial charge on any atom is -0.256 e. The Morgan fingerprint density at radius 2 is 1.80 bits per heavy atom. The second-order valence-corrected chi connectivity index (χ2v) is 5.05.